The Labute approximate surface area is 132 Å². The minimum Gasteiger partial charge on any atom is -0.422 e. The van der Waals surface area contributed by atoms with Crippen molar-refractivity contribution in [2.24, 2.45) is 5.92 Å². The second-order valence-corrected chi connectivity index (χ2v) is 5.39. The summed E-state index contributed by atoms with van der Waals surface area (Å²) in [5.74, 6) is -0.849. The van der Waals surface area contributed by atoms with E-state index in [9.17, 15) is 5.26 Å². The topological polar surface area (TPSA) is 94.8 Å². The van der Waals surface area contributed by atoms with E-state index in [0.717, 1.165) is 16.8 Å². The van der Waals surface area contributed by atoms with Gasteiger partial charge in [0.25, 0.3) is 0 Å². The molecular formula is C15H13ClN4O2. The van der Waals surface area contributed by atoms with Crippen LogP contribution < -0.4 is 4.74 Å². The van der Waals surface area contributed by atoms with Crippen LogP contribution in [-0.4, -0.2) is 23.2 Å². The number of ether oxygens (including phenoxy) is 2. The molecule has 1 aliphatic heterocycles. The number of aromatic nitrogens is 2. The third-order valence-electron chi connectivity index (χ3n) is 3.64. The van der Waals surface area contributed by atoms with E-state index in [0.29, 0.717) is 17.5 Å². The lowest BCUT2D eigenvalue weighted by Crippen LogP contribution is -2.31. The number of hydrogen-bond donors (Lipinski definition) is 2. The zero-order chi connectivity index (χ0) is 15.7. The van der Waals surface area contributed by atoms with Crippen LogP contribution in [0.2, 0.25) is 5.02 Å². The fourth-order valence-electron chi connectivity index (χ4n) is 2.67. The largest absolute Gasteiger partial charge is 0.422 e. The summed E-state index contributed by atoms with van der Waals surface area (Å²) in [7, 11) is 1.58. The average Bonchev–Trinajstić information content (AvgIpc) is 2.90. The molecular weight excluding hydrogens is 304 g/mol. The van der Waals surface area contributed by atoms with Gasteiger partial charge in [-0.1, -0.05) is 23.7 Å². The molecule has 2 aromatic rings. The van der Waals surface area contributed by atoms with Crippen LogP contribution in [0.25, 0.3) is 0 Å². The maximum atomic E-state index is 9.47. The number of nitriles is 1. The Morgan fingerprint density at radius 2 is 2.18 bits per heavy atom. The van der Waals surface area contributed by atoms with E-state index >= 15 is 0 Å². The number of halogens is 1. The van der Waals surface area contributed by atoms with E-state index in [1.54, 1.807) is 19.2 Å². The maximum absolute atomic E-state index is 9.47. The molecule has 0 amide bonds. The Hall–Kier alpha value is -2.36. The van der Waals surface area contributed by atoms with Gasteiger partial charge in [0.1, 0.15) is 5.92 Å². The first kappa shape index (κ1) is 14.6. The van der Waals surface area contributed by atoms with E-state index in [2.05, 4.69) is 16.3 Å². The first-order chi connectivity index (χ1) is 10.7. The Bertz CT molecular complexity index is 748. The average molecular weight is 317 g/mol. The summed E-state index contributed by atoms with van der Waals surface area (Å²) in [5.41, 5.74) is 2.38. The van der Waals surface area contributed by atoms with E-state index in [1.165, 1.54) is 0 Å². The number of nitrogens with one attached hydrogen (secondary N) is 2. The molecule has 0 radical (unpaired) electrons. The Balaban J connectivity index is 2.16. The summed E-state index contributed by atoms with van der Waals surface area (Å²) in [6.07, 6.45) is 0. The first-order valence-electron chi connectivity index (χ1n) is 6.63. The molecule has 2 N–H and O–H groups in total. The standard InChI is InChI=1S/C15H13ClN4O2/c1-21-7-11-13-12(8-2-4-9(16)5-3-8)10(6-17)14(18)22-15(13)20-19-11/h2-5,10,12,18H,7H2,1H3,(H,19,20). The van der Waals surface area contributed by atoms with E-state index in [-0.39, 0.29) is 11.8 Å². The molecule has 2 atom stereocenters. The lowest BCUT2D eigenvalue weighted by Gasteiger charge is -2.28. The summed E-state index contributed by atoms with van der Waals surface area (Å²) < 4.78 is 10.5. The summed E-state index contributed by atoms with van der Waals surface area (Å²) in [4.78, 5) is 0. The number of aromatic amines is 1. The second-order valence-electron chi connectivity index (χ2n) is 4.96. The van der Waals surface area contributed by atoms with Gasteiger partial charge in [-0.2, -0.15) is 5.26 Å². The van der Waals surface area contributed by atoms with Gasteiger partial charge in [-0.3, -0.25) is 10.5 Å². The lowest BCUT2D eigenvalue weighted by atomic mass is 9.79. The minimum absolute atomic E-state index is 0.106. The van der Waals surface area contributed by atoms with Gasteiger partial charge in [-0.15, -0.1) is 5.10 Å². The van der Waals surface area contributed by atoms with Crippen molar-refractivity contribution in [2.75, 3.05) is 7.11 Å². The molecule has 112 valence electrons. The number of H-pyrrole nitrogens is 1. The van der Waals surface area contributed by atoms with Crippen LogP contribution in [0.5, 0.6) is 5.88 Å². The summed E-state index contributed by atoms with van der Waals surface area (Å²) in [5, 5.41) is 25.0. The summed E-state index contributed by atoms with van der Waals surface area (Å²) in [6.45, 7) is 0.321. The van der Waals surface area contributed by atoms with Crippen LogP contribution in [0.3, 0.4) is 0 Å². The van der Waals surface area contributed by atoms with Crippen molar-refractivity contribution in [3.8, 4) is 11.9 Å². The van der Waals surface area contributed by atoms with Crippen molar-refractivity contribution in [2.45, 2.75) is 12.5 Å². The van der Waals surface area contributed by atoms with Gasteiger partial charge in [0.2, 0.25) is 11.8 Å². The number of nitrogens with zero attached hydrogens (tertiary/aromatic N) is 2. The molecule has 0 spiro atoms. The highest BCUT2D eigenvalue weighted by Crippen LogP contribution is 2.43. The molecule has 0 bridgehead atoms. The zero-order valence-electron chi connectivity index (χ0n) is 11.8. The van der Waals surface area contributed by atoms with Crippen molar-refractivity contribution in [1.82, 2.24) is 10.2 Å². The van der Waals surface area contributed by atoms with Gasteiger partial charge >= 0.3 is 0 Å². The van der Waals surface area contributed by atoms with Crippen molar-refractivity contribution in [3.63, 3.8) is 0 Å². The smallest absolute Gasteiger partial charge is 0.243 e. The number of benzene rings is 1. The summed E-state index contributed by atoms with van der Waals surface area (Å²) >= 11 is 5.94. The Kier molecular flexibility index (Phi) is 3.84. The fraction of sp³-hybridized carbons (Fsp3) is 0.267. The summed E-state index contributed by atoms with van der Waals surface area (Å²) in [6, 6.07) is 9.38. The first-order valence-corrected chi connectivity index (χ1v) is 7.01. The molecule has 0 saturated heterocycles. The molecule has 0 fully saturated rings. The third kappa shape index (κ3) is 2.34. The Morgan fingerprint density at radius 1 is 1.45 bits per heavy atom. The third-order valence-corrected chi connectivity index (χ3v) is 3.89. The highest BCUT2D eigenvalue weighted by Gasteiger charge is 2.40. The number of fused-ring (bicyclic) bond motifs is 1. The molecule has 22 heavy (non-hydrogen) atoms. The fourth-order valence-corrected chi connectivity index (χ4v) is 2.79. The molecule has 1 aliphatic rings. The highest BCUT2D eigenvalue weighted by molar-refractivity contribution is 6.30. The van der Waals surface area contributed by atoms with E-state index < -0.39 is 5.92 Å². The number of rotatable bonds is 3. The Morgan fingerprint density at radius 3 is 2.82 bits per heavy atom. The van der Waals surface area contributed by atoms with Crippen molar-refractivity contribution < 1.29 is 9.47 Å². The monoisotopic (exact) mass is 316 g/mol. The lowest BCUT2D eigenvalue weighted by molar-refractivity contribution is 0.180. The van der Waals surface area contributed by atoms with Crippen LogP contribution in [-0.2, 0) is 11.3 Å². The van der Waals surface area contributed by atoms with Crippen molar-refractivity contribution >= 4 is 17.5 Å². The molecule has 1 aromatic carbocycles. The molecule has 0 aliphatic carbocycles. The molecule has 1 aromatic heterocycles. The van der Waals surface area contributed by atoms with Crippen LogP contribution in [0, 0.1) is 22.7 Å². The molecule has 7 heteroatoms. The second kappa shape index (κ2) is 5.79. The minimum atomic E-state index is -0.720. The highest BCUT2D eigenvalue weighted by atomic mass is 35.5. The van der Waals surface area contributed by atoms with Crippen LogP contribution in [0.15, 0.2) is 24.3 Å². The molecule has 2 heterocycles. The van der Waals surface area contributed by atoms with Gasteiger partial charge in [0, 0.05) is 23.6 Å². The maximum Gasteiger partial charge on any atom is 0.243 e. The van der Waals surface area contributed by atoms with Crippen LogP contribution in [0.4, 0.5) is 0 Å². The number of methoxy groups -OCH3 is 1. The van der Waals surface area contributed by atoms with Crippen molar-refractivity contribution in [3.05, 3.63) is 46.1 Å². The number of hydrogen-bond acceptors (Lipinski definition) is 5. The quantitative estimate of drug-likeness (QED) is 0.910. The molecule has 0 saturated carbocycles. The predicted molar refractivity (Wildman–Crippen MR) is 80.1 cm³/mol. The normalized spacial score (nSPS) is 20.1. The van der Waals surface area contributed by atoms with Gasteiger partial charge < -0.3 is 9.47 Å². The van der Waals surface area contributed by atoms with E-state index in [4.69, 9.17) is 26.5 Å². The van der Waals surface area contributed by atoms with Crippen molar-refractivity contribution in [1.29, 1.82) is 10.7 Å². The molecule has 6 nitrogen and oxygen atoms in total. The van der Waals surface area contributed by atoms with Crippen LogP contribution in [0.1, 0.15) is 22.7 Å². The molecule has 2 unspecified atom stereocenters. The SMILES string of the molecule is COCc1[nH]nc2c1C(c1ccc(Cl)cc1)C(C#N)C(=N)O2. The molecule has 3 rings (SSSR count). The van der Waals surface area contributed by atoms with E-state index in [1.807, 2.05) is 12.1 Å². The van der Waals surface area contributed by atoms with Gasteiger partial charge in [0.15, 0.2) is 0 Å². The van der Waals surface area contributed by atoms with Gasteiger partial charge in [-0.25, -0.2) is 0 Å². The zero-order valence-corrected chi connectivity index (χ0v) is 12.5. The predicted octanol–water partition coefficient (Wildman–Crippen LogP) is 2.85. The van der Waals surface area contributed by atoms with Gasteiger partial charge in [0.05, 0.1) is 18.4 Å². The van der Waals surface area contributed by atoms with Crippen LogP contribution >= 0.6 is 11.6 Å². The van der Waals surface area contributed by atoms with Gasteiger partial charge in [-0.05, 0) is 17.7 Å².